The Morgan fingerprint density at radius 1 is 1.11 bits per heavy atom. The Balaban J connectivity index is 1.23. The fraction of sp³-hybridized carbons (Fsp3) is 0.480. The molecule has 2 fully saturated rings. The number of rotatable bonds is 5. The van der Waals surface area contributed by atoms with Gasteiger partial charge in [0, 0.05) is 62.4 Å². The minimum atomic E-state index is -0.0422. The fourth-order valence-corrected chi connectivity index (χ4v) is 5.80. The van der Waals surface area contributed by atoms with E-state index in [9.17, 15) is 4.79 Å². The topological polar surface area (TPSA) is 144 Å². The number of nitrogens with two attached hydrogens (primary N) is 2. The minimum absolute atomic E-state index is 0.0422. The molecule has 5 rings (SSSR count). The van der Waals surface area contributed by atoms with Gasteiger partial charge in [0.25, 0.3) is 11.8 Å². The third-order valence-corrected chi connectivity index (χ3v) is 7.84. The zero-order valence-corrected chi connectivity index (χ0v) is 22.9. The Morgan fingerprint density at radius 2 is 1.87 bits per heavy atom. The number of hydrogen-bond acceptors (Lipinski definition) is 10. The molecule has 0 aliphatic carbocycles. The number of likely N-dealkylation sites (tertiary alicyclic amines) is 1. The summed E-state index contributed by atoms with van der Waals surface area (Å²) >= 11 is 12.6. The van der Waals surface area contributed by atoms with Crippen molar-refractivity contribution in [2.45, 2.75) is 45.2 Å². The lowest BCUT2D eigenvalue weighted by atomic mass is 9.97. The van der Waals surface area contributed by atoms with Gasteiger partial charge in [-0.2, -0.15) is 0 Å². The Labute approximate surface area is 231 Å². The highest BCUT2D eigenvalue weighted by atomic mass is 35.5. The molecule has 2 aromatic heterocycles. The number of nitrogens with zero attached hydrogens (tertiary/aromatic N) is 7. The molecule has 3 aromatic rings. The van der Waals surface area contributed by atoms with E-state index in [4.69, 9.17) is 39.1 Å². The van der Waals surface area contributed by atoms with E-state index < -0.39 is 0 Å². The zero-order chi connectivity index (χ0) is 27.0. The number of piperidine rings is 1. The van der Waals surface area contributed by atoms with Gasteiger partial charge in [-0.3, -0.25) is 9.69 Å². The Hall–Kier alpha value is -3.15. The monoisotopic (exact) mass is 559 g/mol. The van der Waals surface area contributed by atoms with Crippen molar-refractivity contribution in [3.8, 4) is 11.6 Å². The Kier molecular flexibility index (Phi) is 7.60. The number of piperazine rings is 1. The summed E-state index contributed by atoms with van der Waals surface area (Å²) in [6.07, 6.45) is 2.78. The molecule has 0 unspecified atom stereocenters. The normalized spacial score (nSPS) is 19.2. The zero-order valence-electron chi connectivity index (χ0n) is 21.4. The number of halogens is 2. The molecule has 38 heavy (non-hydrogen) atoms. The van der Waals surface area contributed by atoms with Gasteiger partial charge >= 0.3 is 0 Å². The van der Waals surface area contributed by atoms with Crippen molar-refractivity contribution >= 4 is 46.4 Å². The second kappa shape index (κ2) is 10.9. The van der Waals surface area contributed by atoms with Crippen molar-refractivity contribution < 1.29 is 9.21 Å². The average Bonchev–Trinajstić information content (AvgIpc) is 3.35. The number of aromatic nitrogens is 4. The van der Waals surface area contributed by atoms with E-state index in [1.54, 1.807) is 25.1 Å². The Morgan fingerprint density at radius 3 is 2.53 bits per heavy atom. The van der Waals surface area contributed by atoms with Gasteiger partial charge in [0.1, 0.15) is 0 Å². The van der Waals surface area contributed by atoms with E-state index >= 15 is 0 Å². The smallest absolute Gasteiger partial charge is 0.270 e. The molecule has 202 valence electrons. The molecular formula is C25H31Cl2N9O2. The van der Waals surface area contributed by atoms with Gasteiger partial charge in [-0.1, -0.05) is 30.1 Å². The molecule has 4 heterocycles. The maximum absolute atomic E-state index is 13.0. The first-order valence-corrected chi connectivity index (χ1v) is 13.5. The average molecular weight is 560 g/mol. The Bertz CT molecular complexity index is 1330. The van der Waals surface area contributed by atoms with Crippen molar-refractivity contribution in [1.82, 2.24) is 30.0 Å². The van der Waals surface area contributed by atoms with E-state index in [1.807, 2.05) is 4.90 Å². The SMILES string of the molecule is CC[C@H]1CN(c2nc(N)c(-c3nnc(C)o3)nc2Cl)CCN1C1CCN(C(=O)c2ccc(Cl)cc2N)CC1. The quantitative estimate of drug-likeness (QED) is 0.445. The minimum Gasteiger partial charge on any atom is -0.420 e. The number of nitrogen functional groups attached to an aromatic ring is 2. The molecule has 2 aliphatic rings. The first-order valence-electron chi connectivity index (χ1n) is 12.7. The highest BCUT2D eigenvalue weighted by Crippen LogP contribution is 2.32. The highest BCUT2D eigenvalue weighted by Gasteiger charge is 2.35. The summed E-state index contributed by atoms with van der Waals surface area (Å²) in [6, 6.07) is 5.72. The number of hydrogen-bond donors (Lipinski definition) is 2. The van der Waals surface area contributed by atoms with Crippen LogP contribution in [-0.2, 0) is 0 Å². The number of aryl methyl sites for hydroxylation is 1. The molecule has 0 bridgehead atoms. The first kappa shape index (κ1) is 26.5. The van der Waals surface area contributed by atoms with Crippen molar-refractivity contribution in [2.75, 3.05) is 49.1 Å². The summed E-state index contributed by atoms with van der Waals surface area (Å²) in [5.41, 5.74) is 13.4. The van der Waals surface area contributed by atoms with Crippen LogP contribution in [-0.4, -0.2) is 80.7 Å². The summed E-state index contributed by atoms with van der Waals surface area (Å²) in [7, 11) is 0. The van der Waals surface area contributed by atoms with Crippen LogP contribution in [0.5, 0.6) is 0 Å². The molecular weight excluding hydrogens is 529 g/mol. The van der Waals surface area contributed by atoms with Crippen molar-refractivity contribution in [2.24, 2.45) is 0 Å². The van der Waals surface area contributed by atoms with Crippen molar-refractivity contribution in [3.05, 3.63) is 39.8 Å². The van der Waals surface area contributed by atoms with E-state index in [-0.39, 0.29) is 28.5 Å². The maximum Gasteiger partial charge on any atom is 0.270 e. The number of benzene rings is 1. The lowest BCUT2D eigenvalue weighted by Crippen LogP contribution is -2.58. The second-order valence-electron chi connectivity index (χ2n) is 9.70. The molecule has 2 saturated heterocycles. The summed E-state index contributed by atoms with van der Waals surface area (Å²) in [6.45, 7) is 7.60. The third kappa shape index (κ3) is 5.23. The number of amides is 1. The lowest BCUT2D eigenvalue weighted by molar-refractivity contribution is 0.0491. The largest absolute Gasteiger partial charge is 0.420 e. The van der Waals surface area contributed by atoms with Crippen LogP contribution in [0.15, 0.2) is 22.6 Å². The van der Waals surface area contributed by atoms with E-state index in [2.05, 4.69) is 36.9 Å². The summed E-state index contributed by atoms with van der Waals surface area (Å²) in [5, 5.41) is 8.57. The highest BCUT2D eigenvalue weighted by molar-refractivity contribution is 6.32. The van der Waals surface area contributed by atoms with Crippen LogP contribution in [0.2, 0.25) is 10.2 Å². The standard InChI is InChI=1S/C25H31Cl2N9O2/c1-3-16-13-35(23-21(27)30-20(22(29)31-23)24-33-32-14(2)38-24)10-11-36(16)17-6-8-34(9-7-17)25(37)18-5-4-15(26)12-19(18)28/h4-5,12,16-17H,3,6-11,13,28H2,1-2H3,(H2,29,31)/t16-/m0/s1. The lowest BCUT2D eigenvalue weighted by Gasteiger charge is -2.47. The van der Waals surface area contributed by atoms with Crippen molar-refractivity contribution in [1.29, 1.82) is 0 Å². The summed E-state index contributed by atoms with van der Waals surface area (Å²) in [4.78, 5) is 28.6. The molecule has 1 aromatic carbocycles. The van der Waals surface area contributed by atoms with Gasteiger partial charge < -0.3 is 25.7 Å². The maximum atomic E-state index is 13.0. The van der Waals surface area contributed by atoms with Crippen LogP contribution in [0.4, 0.5) is 17.3 Å². The van der Waals surface area contributed by atoms with Crippen LogP contribution >= 0.6 is 23.2 Å². The molecule has 1 atom stereocenters. The number of carbonyl (C=O) groups excluding carboxylic acids is 1. The molecule has 0 radical (unpaired) electrons. The molecule has 2 aliphatic heterocycles. The molecule has 0 spiro atoms. The summed E-state index contributed by atoms with van der Waals surface area (Å²) in [5.74, 6) is 1.32. The predicted molar refractivity (Wildman–Crippen MR) is 147 cm³/mol. The first-order chi connectivity index (χ1) is 18.2. The van der Waals surface area contributed by atoms with Gasteiger partial charge in [0.15, 0.2) is 22.5 Å². The summed E-state index contributed by atoms with van der Waals surface area (Å²) < 4.78 is 5.44. The van der Waals surface area contributed by atoms with E-state index in [0.717, 1.165) is 38.9 Å². The van der Waals surface area contributed by atoms with Gasteiger partial charge in [-0.15, -0.1) is 10.2 Å². The third-order valence-electron chi connectivity index (χ3n) is 7.36. The van der Waals surface area contributed by atoms with Crippen LogP contribution in [0.3, 0.4) is 0 Å². The van der Waals surface area contributed by atoms with Crippen LogP contribution < -0.4 is 16.4 Å². The fourth-order valence-electron chi connectivity index (χ4n) is 5.37. The van der Waals surface area contributed by atoms with E-state index in [0.29, 0.717) is 53.2 Å². The van der Waals surface area contributed by atoms with Gasteiger partial charge in [0.2, 0.25) is 5.89 Å². The van der Waals surface area contributed by atoms with Crippen LogP contribution in [0, 0.1) is 6.92 Å². The molecule has 4 N–H and O–H groups in total. The van der Waals surface area contributed by atoms with E-state index in [1.165, 1.54) is 0 Å². The molecule has 0 saturated carbocycles. The van der Waals surface area contributed by atoms with Crippen LogP contribution in [0.1, 0.15) is 42.4 Å². The van der Waals surface area contributed by atoms with Gasteiger partial charge in [-0.25, -0.2) is 9.97 Å². The van der Waals surface area contributed by atoms with Gasteiger partial charge in [-0.05, 0) is 37.5 Å². The number of anilines is 3. The van der Waals surface area contributed by atoms with Crippen molar-refractivity contribution in [3.63, 3.8) is 0 Å². The molecule has 11 nitrogen and oxygen atoms in total. The second-order valence-corrected chi connectivity index (χ2v) is 10.5. The van der Waals surface area contributed by atoms with Gasteiger partial charge in [0.05, 0.1) is 5.56 Å². The number of carbonyl (C=O) groups is 1. The van der Waals surface area contributed by atoms with Crippen LogP contribution in [0.25, 0.3) is 11.6 Å². The molecule has 13 heteroatoms. The molecule has 1 amide bonds. The predicted octanol–water partition coefficient (Wildman–Crippen LogP) is 3.51.